The predicted octanol–water partition coefficient (Wildman–Crippen LogP) is -2.81. The van der Waals surface area contributed by atoms with Gasteiger partial charge in [0.2, 0.25) is 0 Å². The first-order valence-electron chi connectivity index (χ1n) is 4.29. The van der Waals surface area contributed by atoms with E-state index in [1.165, 1.54) is 6.92 Å². The molecule has 0 saturated heterocycles. The maximum Gasteiger partial charge on any atom is 0.337 e. The minimum atomic E-state index is -2.01. The van der Waals surface area contributed by atoms with Crippen LogP contribution in [0.5, 0.6) is 0 Å². The van der Waals surface area contributed by atoms with E-state index < -0.39 is 30.4 Å². The van der Waals surface area contributed by atoms with Crippen LogP contribution in [0.1, 0.15) is 6.92 Å². The van der Waals surface area contributed by atoms with Crippen LogP contribution in [0.4, 0.5) is 0 Å². The average molecular weight is 222 g/mol. The molecule has 0 aromatic rings. The summed E-state index contributed by atoms with van der Waals surface area (Å²) in [6.07, 6.45) is -7.82. The lowest BCUT2D eigenvalue weighted by Crippen LogP contribution is -2.48. The molecule has 0 aliphatic heterocycles. The number of aldehydes is 1. The lowest BCUT2D eigenvalue weighted by Gasteiger charge is -2.22. The van der Waals surface area contributed by atoms with Crippen LogP contribution in [0.3, 0.4) is 0 Å². The lowest BCUT2D eigenvalue weighted by molar-refractivity contribution is -0.169. The second kappa shape index (κ2) is 6.46. The average Bonchev–Trinajstić information content (AvgIpc) is 2.25. The van der Waals surface area contributed by atoms with E-state index in [2.05, 4.69) is 4.74 Å². The summed E-state index contributed by atoms with van der Waals surface area (Å²) in [5.74, 6) is -1.14. The summed E-state index contributed by atoms with van der Waals surface area (Å²) in [7, 11) is 0. The van der Waals surface area contributed by atoms with Gasteiger partial charge in [0.25, 0.3) is 0 Å². The first-order valence-corrected chi connectivity index (χ1v) is 4.29. The van der Waals surface area contributed by atoms with Gasteiger partial charge in [-0.15, -0.1) is 0 Å². The molecule has 0 aliphatic carbocycles. The standard InChI is InChI=1S/C8H14O7/c1-2-15-8(14)7(13)6(12)5(11)4(10)3-9/h3-7,10-13H,2H2,1H3/t4-,5+,6-,7-/m0/s1. The van der Waals surface area contributed by atoms with E-state index in [4.69, 9.17) is 20.4 Å². The van der Waals surface area contributed by atoms with Crippen LogP contribution < -0.4 is 0 Å². The number of carbonyl (C=O) groups is 2. The van der Waals surface area contributed by atoms with Gasteiger partial charge < -0.3 is 30.0 Å². The van der Waals surface area contributed by atoms with E-state index in [1.54, 1.807) is 0 Å². The Kier molecular flexibility index (Phi) is 6.02. The molecule has 0 aromatic heterocycles. The molecule has 7 heteroatoms. The molecule has 0 spiro atoms. The van der Waals surface area contributed by atoms with Crippen LogP contribution in [0.15, 0.2) is 0 Å². The number of hydrogen-bond acceptors (Lipinski definition) is 7. The Morgan fingerprint density at radius 3 is 2.20 bits per heavy atom. The third-order valence-electron chi connectivity index (χ3n) is 1.69. The molecular weight excluding hydrogens is 208 g/mol. The fraction of sp³-hybridized carbons (Fsp3) is 0.750. The predicted molar refractivity (Wildman–Crippen MR) is 46.7 cm³/mol. The summed E-state index contributed by atoms with van der Waals surface area (Å²) in [5, 5.41) is 36.2. The lowest BCUT2D eigenvalue weighted by atomic mass is 10.0. The normalized spacial score (nSPS) is 18.7. The topological polar surface area (TPSA) is 124 Å². The Bertz CT molecular complexity index is 217. The first-order chi connectivity index (χ1) is 6.95. The van der Waals surface area contributed by atoms with Crippen LogP contribution >= 0.6 is 0 Å². The molecule has 0 rings (SSSR count). The number of hydrogen-bond donors (Lipinski definition) is 4. The molecule has 4 N–H and O–H groups in total. The largest absolute Gasteiger partial charge is 0.464 e. The molecule has 0 heterocycles. The molecule has 0 radical (unpaired) electrons. The molecular formula is C8H14O7. The highest BCUT2D eigenvalue weighted by atomic mass is 16.5. The maximum atomic E-state index is 10.9. The SMILES string of the molecule is CCOC(=O)[C@@H](O)[C@@H](O)[C@H](O)[C@@H](O)C=O. The summed E-state index contributed by atoms with van der Waals surface area (Å²) in [6.45, 7) is 1.49. The first kappa shape index (κ1) is 14.0. The summed E-state index contributed by atoms with van der Waals surface area (Å²) >= 11 is 0. The Labute approximate surface area is 85.9 Å². The number of esters is 1. The van der Waals surface area contributed by atoms with E-state index in [0.29, 0.717) is 0 Å². The molecule has 7 nitrogen and oxygen atoms in total. The van der Waals surface area contributed by atoms with Crippen molar-refractivity contribution in [1.82, 2.24) is 0 Å². The fourth-order valence-electron chi connectivity index (χ4n) is 0.836. The van der Waals surface area contributed by atoms with Crippen molar-refractivity contribution >= 4 is 12.3 Å². The zero-order valence-electron chi connectivity index (χ0n) is 8.11. The number of carbonyl (C=O) groups excluding carboxylic acids is 2. The van der Waals surface area contributed by atoms with Crippen LogP contribution in [-0.2, 0) is 14.3 Å². The molecule has 0 aromatic carbocycles. The number of ether oxygens (including phenoxy) is 1. The van der Waals surface area contributed by atoms with E-state index >= 15 is 0 Å². The minimum absolute atomic E-state index is 0.00502. The number of rotatable bonds is 6. The van der Waals surface area contributed by atoms with Crippen molar-refractivity contribution in [3.63, 3.8) is 0 Å². The van der Waals surface area contributed by atoms with Crippen LogP contribution in [0.25, 0.3) is 0 Å². The maximum absolute atomic E-state index is 10.9. The summed E-state index contributed by atoms with van der Waals surface area (Å²) < 4.78 is 4.36. The second-order valence-electron chi connectivity index (χ2n) is 2.80. The smallest absolute Gasteiger partial charge is 0.337 e. The highest BCUT2D eigenvalue weighted by Crippen LogP contribution is 2.05. The Morgan fingerprint density at radius 1 is 1.27 bits per heavy atom. The van der Waals surface area contributed by atoms with E-state index in [9.17, 15) is 9.59 Å². The summed E-state index contributed by atoms with van der Waals surface area (Å²) in [5.41, 5.74) is 0. The van der Waals surface area contributed by atoms with Crippen LogP contribution in [-0.4, -0.2) is 63.7 Å². The van der Waals surface area contributed by atoms with Gasteiger partial charge in [0.1, 0.15) is 18.3 Å². The van der Waals surface area contributed by atoms with E-state index in [-0.39, 0.29) is 12.9 Å². The summed E-state index contributed by atoms with van der Waals surface area (Å²) in [6, 6.07) is 0. The molecule has 0 aliphatic rings. The number of aliphatic hydroxyl groups is 4. The van der Waals surface area contributed by atoms with Crippen molar-refractivity contribution in [2.75, 3.05) is 6.61 Å². The van der Waals surface area contributed by atoms with Crippen molar-refractivity contribution in [2.45, 2.75) is 31.3 Å². The molecule has 0 saturated carbocycles. The van der Waals surface area contributed by atoms with E-state index in [0.717, 1.165) is 0 Å². The van der Waals surface area contributed by atoms with Crippen molar-refractivity contribution < 1.29 is 34.8 Å². The minimum Gasteiger partial charge on any atom is -0.464 e. The van der Waals surface area contributed by atoms with Gasteiger partial charge in [-0.2, -0.15) is 0 Å². The summed E-state index contributed by atoms with van der Waals surface area (Å²) in [4.78, 5) is 20.9. The number of aliphatic hydroxyl groups excluding tert-OH is 4. The van der Waals surface area contributed by atoms with Gasteiger partial charge in [0.05, 0.1) is 6.61 Å². The fourth-order valence-corrected chi connectivity index (χ4v) is 0.836. The Morgan fingerprint density at radius 2 is 1.80 bits per heavy atom. The third kappa shape index (κ3) is 3.92. The van der Waals surface area contributed by atoms with Gasteiger partial charge in [0, 0.05) is 0 Å². The molecule has 0 bridgehead atoms. The zero-order chi connectivity index (χ0) is 12.0. The van der Waals surface area contributed by atoms with Crippen molar-refractivity contribution in [1.29, 1.82) is 0 Å². The zero-order valence-corrected chi connectivity index (χ0v) is 8.11. The van der Waals surface area contributed by atoms with Gasteiger partial charge in [-0.1, -0.05) is 0 Å². The molecule has 4 atom stereocenters. The van der Waals surface area contributed by atoms with Gasteiger partial charge in [-0.05, 0) is 6.92 Å². The van der Waals surface area contributed by atoms with Crippen molar-refractivity contribution in [2.24, 2.45) is 0 Å². The van der Waals surface area contributed by atoms with Gasteiger partial charge in [-0.3, -0.25) is 0 Å². The monoisotopic (exact) mass is 222 g/mol. The molecule has 0 fully saturated rings. The molecule has 0 unspecified atom stereocenters. The van der Waals surface area contributed by atoms with Gasteiger partial charge >= 0.3 is 5.97 Å². The molecule has 15 heavy (non-hydrogen) atoms. The quantitative estimate of drug-likeness (QED) is 0.282. The van der Waals surface area contributed by atoms with Crippen molar-refractivity contribution in [3.05, 3.63) is 0 Å². The Balaban J connectivity index is 4.35. The second-order valence-corrected chi connectivity index (χ2v) is 2.80. The molecule has 0 amide bonds. The third-order valence-corrected chi connectivity index (χ3v) is 1.69. The van der Waals surface area contributed by atoms with Crippen LogP contribution in [0.2, 0.25) is 0 Å². The highest BCUT2D eigenvalue weighted by molar-refractivity contribution is 5.75. The van der Waals surface area contributed by atoms with Gasteiger partial charge in [-0.25, -0.2) is 4.79 Å². The molecule has 88 valence electrons. The van der Waals surface area contributed by atoms with Gasteiger partial charge in [0.15, 0.2) is 12.4 Å². The Hall–Kier alpha value is -1.02. The highest BCUT2D eigenvalue weighted by Gasteiger charge is 2.34. The van der Waals surface area contributed by atoms with Crippen molar-refractivity contribution in [3.8, 4) is 0 Å². The van der Waals surface area contributed by atoms with Crippen LogP contribution in [0, 0.1) is 0 Å². The van der Waals surface area contributed by atoms with E-state index in [1.807, 2.05) is 0 Å².